The Morgan fingerprint density at radius 1 is 0.854 bits per heavy atom. The SMILES string of the molecule is COc1ccc(N(CC(=O)N(Cc2ccccc2Cl)C(Cc2ccccc2)C(=O)NCC(C)C)S(=O)(=O)c2ccc(C)cc2)cc1OC. The number of amides is 2. The molecule has 1 N–H and O–H groups in total. The predicted molar refractivity (Wildman–Crippen MR) is 189 cm³/mol. The second-order valence-electron chi connectivity index (χ2n) is 11.8. The monoisotopic (exact) mass is 691 g/mol. The molecule has 4 rings (SSSR count). The highest BCUT2D eigenvalue weighted by Gasteiger charge is 2.35. The number of nitrogens with one attached hydrogen (secondary N) is 1. The van der Waals surface area contributed by atoms with Gasteiger partial charge in [-0.1, -0.05) is 91.7 Å². The Morgan fingerprint density at radius 2 is 1.50 bits per heavy atom. The standard InChI is InChI=1S/C37H42ClN3O6S/c1-26(2)23-39-37(43)33(21-28-11-7-6-8-12-28)40(24-29-13-9-10-14-32(29)38)36(42)25-41(30-17-20-34(46-4)35(22-30)47-5)48(44,45)31-18-15-27(3)16-19-31/h6-20,22,26,33H,21,23-25H2,1-5H3,(H,39,43). The number of hydrogen-bond acceptors (Lipinski definition) is 6. The lowest BCUT2D eigenvalue weighted by Crippen LogP contribution is -2.53. The summed E-state index contributed by atoms with van der Waals surface area (Å²) in [6.45, 7) is 5.58. The smallest absolute Gasteiger partial charge is 0.264 e. The molecule has 9 nitrogen and oxygen atoms in total. The van der Waals surface area contributed by atoms with Crippen molar-refractivity contribution in [1.82, 2.24) is 10.2 Å². The molecule has 0 fully saturated rings. The van der Waals surface area contributed by atoms with Crippen LogP contribution in [0.3, 0.4) is 0 Å². The first kappa shape index (κ1) is 36.3. The summed E-state index contributed by atoms with van der Waals surface area (Å²) >= 11 is 6.58. The van der Waals surface area contributed by atoms with Gasteiger partial charge < -0.3 is 19.7 Å². The van der Waals surface area contributed by atoms with Crippen LogP contribution in [0.15, 0.2) is 102 Å². The van der Waals surface area contributed by atoms with E-state index in [0.29, 0.717) is 22.9 Å². The van der Waals surface area contributed by atoms with Crippen molar-refractivity contribution in [3.05, 3.63) is 119 Å². The zero-order chi connectivity index (χ0) is 34.8. The molecule has 4 aromatic rings. The zero-order valence-electron chi connectivity index (χ0n) is 27.9. The molecule has 48 heavy (non-hydrogen) atoms. The molecule has 1 atom stereocenters. The number of methoxy groups -OCH3 is 2. The molecule has 0 aliphatic carbocycles. The highest BCUT2D eigenvalue weighted by atomic mass is 35.5. The molecule has 0 spiro atoms. The fourth-order valence-corrected chi connectivity index (χ4v) is 6.73. The quantitative estimate of drug-likeness (QED) is 0.158. The van der Waals surface area contributed by atoms with Crippen molar-refractivity contribution in [3.8, 4) is 11.5 Å². The number of carbonyl (C=O) groups is 2. The van der Waals surface area contributed by atoms with E-state index in [-0.39, 0.29) is 41.1 Å². The Hall–Kier alpha value is -4.54. The fourth-order valence-electron chi connectivity index (χ4n) is 5.13. The highest BCUT2D eigenvalue weighted by molar-refractivity contribution is 7.92. The Balaban J connectivity index is 1.85. The molecule has 0 bridgehead atoms. The summed E-state index contributed by atoms with van der Waals surface area (Å²) in [5, 5.41) is 3.40. The van der Waals surface area contributed by atoms with Crippen molar-refractivity contribution in [2.75, 3.05) is 31.6 Å². The zero-order valence-corrected chi connectivity index (χ0v) is 29.4. The minimum Gasteiger partial charge on any atom is -0.493 e. The van der Waals surface area contributed by atoms with Gasteiger partial charge in [0.15, 0.2) is 11.5 Å². The number of sulfonamides is 1. The van der Waals surface area contributed by atoms with E-state index in [0.717, 1.165) is 15.4 Å². The summed E-state index contributed by atoms with van der Waals surface area (Å²) < 4.78 is 40.5. The van der Waals surface area contributed by atoms with E-state index < -0.39 is 28.5 Å². The molecule has 2 amide bonds. The maximum Gasteiger partial charge on any atom is 0.264 e. The minimum atomic E-state index is -4.29. The average molecular weight is 692 g/mol. The third-order valence-electron chi connectivity index (χ3n) is 7.80. The van der Waals surface area contributed by atoms with Crippen LogP contribution in [-0.4, -0.2) is 58.5 Å². The number of halogens is 1. The average Bonchev–Trinajstić information content (AvgIpc) is 3.08. The van der Waals surface area contributed by atoms with Gasteiger partial charge in [-0.3, -0.25) is 13.9 Å². The lowest BCUT2D eigenvalue weighted by molar-refractivity contribution is -0.140. The second-order valence-corrected chi connectivity index (χ2v) is 14.1. The Kier molecular flexibility index (Phi) is 12.5. The lowest BCUT2D eigenvalue weighted by atomic mass is 10.0. The van der Waals surface area contributed by atoms with Crippen molar-refractivity contribution < 1.29 is 27.5 Å². The molecular formula is C37H42ClN3O6S. The molecule has 1 unspecified atom stereocenters. The summed E-state index contributed by atoms with van der Waals surface area (Å²) in [6, 6.07) is 26.5. The fraction of sp³-hybridized carbons (Fsp3) is 0.297. The number of ether oxygens (including phenoxy) is 2. The largest absolute Gasteiger partial charge is 0.493 e. The molecule has 11 heteroatoms. The number of benzene rings is 4. The highest BCUT2D eigenvalue weighted by Crippen LogP contribution is 2.34. The first-order valence-corrected chi connectivity index (χ1v) is 17.4. The Labute approximate surface area is 288 Å². The summed E-state index contributed by atoms with van der Waals surface area (Å²) in [4.78, 5) is 30.0. The molecule has 0 saturated carbocycles. The van der Waals surface area contributed by atoms with Crippen LogP contribution in [0.4, 0.5) is 5.69 Å². The van der Waals surface area contributed by atoms with E-state index in [9.17, 15) is 18.0 Å². The Bertz CT molecular complexity index is 1800. The van der Waals surface area contributed by atoms with E-state index in [4.69, 9.17) is 21.1 Å². The van der Waals surface area contributed by atoms with Gasteiger partial charge in [0, 0.05) is 30.6 Å². The van der Waals surface area contributed by atoms with Crippen LogP contribution in [0.5, 0.6) is 11.5 Å². The second kappa shape index (κ2) is 16.5. The Morgan fingerprint density at radius 3 is 2.12 bits per heavy atom. The van der Waals surface area contributed by atoms with Crippen LogP contribution >= 0.6 is 11.6 Å². The maximum atomic E-state index is 14.7. The number of anilines is 1. The van der Waals surface area contributed by atoms with Crippen molar-refractivity contribution in [3.63, 3.8) is 0 Å². The molecule has 0 heterocycles. The minimum absolute atomic E-state index is 0.00357. The molecule has 0 radical (unpaired) electrons. The third kappa shape index (κ3) is 9.08. The third-order valence-corrected chi connectivity index (χ3v) is 9.95. The number of rotatable bonds is 15. The van der Waals surface area contributed by atoms with Crippen LogP contribution in [0.25, 0.3) is 0 Å². The molecular weight excluding hydrogens is 650 g/mol. The first-order valence-electron chi connectivity index (χ1n) is 15.6. The van der Waals surface area contributed by atoms with Crippen molar-refractivity contribution in [2.24, 2.45) is 5.92 Å². The molecule has 0 aromatic heterocycles. The number of carbonyl (C=O) groups excluding carboxylic acids is 2. The van der Waals surface area contributed by atoms with Crippen LogP contribution in [0.2, 0.25) is 5.02 Å². The van der Waals surface area contributed by atoms with Crippen molar-refractivity contribution in [2.45, 2.75) is 44.7 Å². The van der Waals surface area contributed by atoms with Crippen molar-refractivity contribution in [1.29, 1.82) is 0 Å². The van der Waals surface area contributed by atoms with Gasteiger partial charge in [0.05, 0.1) is 24.8 Å². The maximum absolute atomic E-state index is 14.7. The van der Waals surface area contributed by atoms with Gasteiger partial charge in [0.25, 0.3) is 10.0 Å². The molecule has 0 saturated heterocycles. The summed E-state index contributed by atoms with van der Waals surface area (Å²) in [6.07, 6.45) is 0.196. The normalized spacial score (nSPS) is 11.9. The van der Waals surface area contributed by atoms with E-state index in [2.05, 4.69) is 5.32 Å². The summed E-state index contributed by atoms with van der Waals surface area (Å²) in [7, 11) is -1.37. The van der Waals surface area contributed by atoms with Gasteiger partial charge in [-0.05, 0) is 54.3 Å². The van der Waals surface area contributed by atoms with Gasteiger partial charge in [-0.15, -0.1) is 0 Å². The summed E-state index contributed by atoms with van der Waals surface area (Å²) in [5.74, 6) is -0.105. The molecule has 0 aliphatic heterocycles. The first-order chi connectivity index (χ1) is 22.9. The van der Waals surface area contributed by atoms with Crippen molar-refractivity contribution >= 4 is 39.1 Å². The number of hydrogen-bond donors (Lipinski definition) is 1. The number of aryl methyl sites for hydroxylation is 1. The van der Waals surface area contributed by atoms with Crippen LogP contribution in [0, 0.1) is 12.8 Å². The van der Waals surface area contributed by atoms with Crippen LogP contribution < -0.4 is 19.1 Å². The van der Waals surface area contributed by atoms with Crippen LogP contribution in [-0.2, 0) is 32.6 Å². The van der Waals surface area contributed by atoms with E-state index in [1.165, 1.54) is 37.3 Å². The molecule has 4 aromatic carbocycles. The predicted octanol–water partition coefficient (Wildman–Crippen LogP) is 6.27. The summed E-state index contributed by atoms with van der Waals surface area (Å²) in [5.41, 5.74) is 2.51. The van der Waals surface area contributed by atoms with E-state index >= 15 is 0 Å². The van der Waals surface area contributed by atoms with Gasteiger partial charge >= 0.3 is 0 Å². The molecule has 0 aliphatic rings. The molecule has 254 valence electrons. The van der Waals surface area contributed by atoms with E-state index in [1.807, 2.05) is 51.1 Å². The van der Waals surface area contributed by atoms with Gasteiger partial charge in [0.1, 0.15) is 12.6 Å². The lowest BCUT2D eigenvalue weighted by Gasteiger charge is -2.34. The van der Waals surface area contributed by atoms with Gasteiger partial charge in [0.2, 0.25) is 11.8 Å². The number of nitrogens with zero attached hydrogens (tertiary/aromatic N) is 2. The topological polar surface area (TPSA) is 105 Å². The van der Waals surface area contributed by atoms with Crippen LogP contribution in [0.1, 0.15) is 30.5 Å². The van der Waals surface area contributed by atoms with E-state index in [1.54, 1.807) is 48.5 Å². The van der Waals surface area contributed by atoms with Gasteiger partial charge in [-0.25, -0.2) is 8.42 Å². The van der Waals surface area contributed by atoms with Gasteiger partial charge in [-0.2, -0.15) is 0 Å².